The molecule has 0 saturated carbocycles. The van der Waals surface area contributed by atoms with E-state index in [0.717, 1.165) is 6.07 Å². The Morgan fingerprint density at radius 1 is 1.37 bits per heavy atom. The van der Waals surface area contributed by atoms with Crippen molar-refractivity contribution in [1.29, 1.82) is 0 Å². The van der Waals surface area contributed by atoms with Gasteiger partial charge in [-0.15, -0.1) is 6.58 Å². The Bertz CT molecular complexity index is 448. The van der Waals surface area contributed by atoms with E-state index in [9.17, 15) is 22.5 Å². The van der Waals surface area contributed by atoms with Crippen molar-refractivity contribution in [3.8, 4) is 0 Å². The number of nitroso groups, excluding NO2 is 1. The Hall–Kier alpha value is -1.76. The van der Waals surface area contributed by atoms with Crippen LogP contribution in [0.2, 0.25) is 0 Å². The fraction of sp³-hybridized carbons (Fsp3) is 0.333. The summed E-state index contributed by atoms with van der Waals surface area (Å²) in [5.74, 6) is -0.724. The van der Waals surface area contributed by atoms with Gasteiger partial charge in [0.15, 0.2) is 6.10 Å². The van der Waals surface area contributed by atoms with E-state index >= 15 is 0 Å². The highest BCUT2D eigenvalue weighted by molar-refractivity contribution is 5.21. The van der Waals surface area contributed by atoms with Gasteiger partial charge in [-0.2, -0.15) is 18.1 Å². The van der Waals surface area contributed by atoms with Crippen molar-refractivity contribution < 1.29 is 22.3 Å². The van der Waals surface area contributed by atoms with Crippen molar-refractivity contribution in [1.82, 2.24) is 0 Å². The summed E-state index contributed by atoms with van der Waals surface area (Å²) in [5, 5.41) is 2.59. The van der Waals surface area contributed by atoms with Gasteiger partial charge in [0.2, 0.25) is 0 Å². The Morgan fingerprint density at radius 3 is 2.47 bits per heavy atom. The van der Waals surface area contributed by atoms with Gasteiger partial charge in [0, 0.05) is 5.56 Å². The zero-order chi connectivity index (χ0) is 14.5. The van der Waals surface area contributed by atoms with Gasteiger partial charge in [-0.1, -0.05) is 29.5 Å². The second kappa shape index (κ2) is 6.42. The van der Waals surface area contributed by atoms with E-state index < -0.39 is 30.7 Å². The predicted molar refractivity (Wildman–Crippen MR) is 60.9 cm³/mol. The third-order valence-electron chi connectivity index (χ3n) is 2.36. The van der Waals surface area contributed by atoms with E-state index in [2.05, 4.69) is 16.5 Å². The summed E-state index contributed by atoms with van der Waals surface area (Å²) >= 11 is 0. The second-order valence-corrected chi connectivity index (χ2v) is 3.67. The van der Waals surface area contributed by atoms with Gasteiger partial charge >= 0.3 is 6.18 Å². The number of benzene rings is 1. The summed E-state index contributed by atoms with van der Waals surface area (Å²) in [4.78, 5) is 10.6. The first-order valence-electron chi connectivity index (χ1n) is 5.28. The van der Waals surface area contributed by atoms with Crippen molar-refractivity contribution in [3.05, 3.63) is 53.2 Å². The maximum absolute atomic E-state index is 13.4. The molecule has 3 nitrogen and oxygen atoms in total. The zero-order valence-electron chi connectivity index (χ0n) is 9.73. The van der Waals surface area contributed by atoms with Gasteiger partial charge in [0.1, 0.15) is 11.9 Å². The SMILES string of the molecule is C=C[C@H](OCC(N=O)c1ccccc1F)C(F)(F)F. The molecule has 104 valence electrons. The minimum Gasteiger partial charge on any atom is -0.362 e. The summed E-state index contributed by atoms with van der Waals surface area (Å²) in [7, 11) is 0. The minimum atomic E-state index is -4.63. The molecule has 0 aliphatic carbocycles. The van der Waals surface area contributed by atoms with E-state index in [0.29, 0.717) is 6.08 Å². The van der Waals surface area contributed by atoms with Gasteiger partial charge in [0.25, 0.3) is 0 Å². The third kappa shape index (κ3) is 4.13. The molecule has 0 fully saturated rings. The van der Waals surface area contributed by atoms with Crippen LogP contribution in [0.1, 0.15) is 11.6 Å². The monoisotopic (exact) mass is 277 g/mol. The van der Waals surface area contributed by atoms with E-state index in [-0.39, 0.29) is 5.56 Å². The molecule has 0 aromatic heterocycles. The lowest BCUT2D eigenvalue weighted by Crippen LogP contribution is -2.30. The van der Waals surface area contributed by atoms with Gasteiger partial charge < -0.3 is 4.74 Å². The van der Waals surface area contributed by atoms with Gasteiger partial charge in [-0.3, -0.25) is 0 Å². The van der Waals surface area contributed by atoms with Crippen molar-refractivity contribution in [2.75, 3.05) is 6.61 Å². The molecule has 2 atom stereocenters. The van der Waals surface area contributed by atoms with Crippen LogP contribution in [0.4, 0.5) is 17.6 Å². The molecule has 0 N–H and O–H groups in total. The Labute approximate surface area is 106 Å². The summed E-state index contributed by atoms with van der Waals surface area (Å²) < 4.78 is 55.0. The van der Waals surface area contributed by atoms with Crippen molar-refractivity contribution in [2.45, 2.75) is 18.3 Å². The molecule has 0 bridgehead atoms. The molecule has 1 aromatic rings. The smallest absolute Gasteiger partial charge is 0.362 e. The molecular formula is C12H11F4NO2. The number of hydrogen-bond acceptors (Lipinski definition) is 3. The maximum atomic E-state index is 13.4. The highest BCUT2D eigenvalue weighted by Gasteiger charge is 2.39. The predicted octanol–water partition coefficient (Wildman–Crippen LogP) is 3.77. The molecule has 0 spiro atoms. The molecular weight excluding hydrogens is 266 g/mol. The summed E-state index contributed by atoms with van der Waals surface area (Å²) in [6.45, 7) is 2.31. The van der Waals surface area contributed by atoms with E-state index in [4.69, 9.17) is 0 Å². The molecule has 7 heteroatoms. The number of rotatable bonds is 6. The summed E-state index contributed by atoms with van der Waals surface area (Å²) in [6.07, 6.45) is -6.29. The molecule has 0 saturated heterocycles. The van der Waals surface area contributed by atoms with Crippen LogP contribution in [0, 0.1) is 10.7 Å². The normalized spacial score (nSPS) is 14.7. The Balaban J connectivity index is 2.76. The third-order valence-corrected chi connectivity index (χ3v) is 2.36. The van der Waals surface area contributed by atoms with Crippen LogP contribution >= 0.6 is 0 Å². The molecule has 1 aromatic carbocycles. The lowest BCUT2D eigenvalue weighted by Gasteiger charge is -2.19. The largest absolute Gasteiger partial charge is 0.418 e. The van der Waals surface area contributed by atoms with Crippen LogP contribution in [-0.2, 0) is 4.74 Å². The lowest BCUT2D eigenvalue weighted by atomic mass is 10.1. The Morgan fingerprint density at radius 2 is 2.00 bits per heavy atom. The molecule has 1 unspecified atom stereocenters. The Kier molecular flexibility index (Phi) is 5.17. The molecule has 0 amide bonds. The summed E-state index contributed by atoms with van der Waals surface area (Å²) in [5.41, 5.74) is -0.109. The highest BCUT2D eigenvalue weighted by Crippen LogP contribution is 2.26. The zero-order valence-corrected chi connectivity index (χ0v) is 9.73. The number of halogens is 4. The van der Waals surface area contributed by atoms with Crippen LogP contribution in [0.3, 0.4) is 0 Å². The number of hydrogen-bond donors (Lipinski definition) is 0. The molecule has 0 heterocycles. The lowest BCUT2D eigenvalue weighted by molar-refractivity contribution is -0.204. The van der Waals surface area contributed by atoms with Crippen molar-refractivity contribution in [3.63, 3.8) is 0 Å². The van der Waals surface area contributed by atoms with E-state index in [1.807, 2.05) is 0 Å². The quantitative estimate of drug-likeness (QED) is 0.451. The molecule has 0 radical (unpaired) electrons. The average Bonchev–Trinajstić information content (AvgIpc) is 2.34. The molecule has 1 rings (SSSR count). The molecule has 0 aliphatic rings. The fourth-order valence-electron chi connectivity index (χ4n) is 1.41. The van der Waals surface area contributed by atoms with Crippen LogP contribution in [-0.4, -0.2) is 18.9 Å². The molecule has 0 aliphatic heterocycles. The number of nitrogens with zero attached hydrogens (tertiary/aromatic N) is 1. The van der Waals surface area contributed by atoms with Gasteiger partial charge in [0.05, 0.1) is 6.61 Å². The van der Waals surface area contributed by atoms with Gasteiger partial charge in [-0.05, 0) is 6.07 Å². The van der Waals surface area contributed by atoms with Crippen LogP contribution in [0.5, 0.6) is 0 Å². The topological polar surface area (TPSA) is 38.7 Å². The number of alkyl halides is 3. The standard InChI is InChI=1S/C12H11F4NO2/c1-2-11(12(14,15)16)19-7-10(17-18)8-5-3-4-6-9(8)13/h2-6,10-11H,1,7H2/t10?,11-/m0/s1. The number of ether oxygens (including phenoxy) is 1. The van der Waals surface area contributed by atoms with Crippen LogP contribution in [0.25, 0.3) is 0 Å². The first-order valence-corrected chi connectivity index (χ1v) is 5.28. The maximum Gasteiger partial charge on any atom is 0.418 e. The van der Waals surface area contributed by atoms with E-state index in [1.165, 1.54) is 18.2 Å². The van der Waals surface area contributed by atoms with Crippen molar-refractivity contribution in [2.24, 2.45) is 5.18 Å². The van der Waals surface area contributed by atoms with Crippen molar-refractivity contribution >= 4 is 0 Å². The second-order valence-electron chi connectivity index (χ2n) is 3.67. The van der Waals surface area contributed by atoms with Crippen LogP contribution < -0.4 is 0 Å². The minimum absolute atomic E-state index is 0.109. The van der Waals surface area contributed by atoms with Crippen LogP contribution in [0.15, 0.2) is 42.1 Å². The first kappa shape index (κ1) is 15.3. The highest BCUT2D eigenvalue weighted by atomic mass is 19.4. The first-order chi connectivity index (χ1) is 8.90. The average molecular weight is 277 g/mol. The molecule has 19 heavy (non-hydrogen) atoms. The van der Waals surface area contributed by atoms with E-state index in [1.54, 1.807) is 0 Å². The van der Waals surface area contributed by atoms with Gasteiger partial charge in [-0.25, -0.2) is 4.39 Å². The fourth-order valence-corrected chi connectivity index (χ4v) is 1.41. The summed E-state index contributed by atoms with van der Waals surface area (Å²) in [6, 6.07) is 3.85.